The molecule has 0 saturated heterocycles. The largest absolute Gasteiger partial charge is 0.385 e. The Bertz CT molecular complexity index is 194. The van der Waals surface area contributed by atoms with Crippen molar-refractivity contribution < 1.29 is 14.4 Å². The molecule has 0 aromatic rings. The number of hydrogen-bond acceptors (Lipinski definition) is 4. The van der Waals surface area contributed by atoms with Crippen LogP contribution >= 0.6 is 0 Å². The highest BCUT2D eigenvalue weighted by molar-refractivity contribution is 5.77. The second-order valence-corrected chi connectivity index (χ2v) is 4.04. The zero-order valence-electron chi connectivity index (χ0n) is 9.96. The Morgan fingerprint density at radius 2 is 2.12 bits per heavy atom. The lowest BCUT2D eigenvalue weighted by Gasteiger charge is -2.11. The number of hydroxylamine groups is 1. The van der Waals surface area contributed by atoms with E-state index in [-0.39, 0.29) is 12.5 Å². The van der Waals surface area contributed by atoms with Gasteiger partial charge in [0.25, 0.3) is 0 Å². The zero-order chi connectivity index (χ0) is 11.6. The third-order valence-corrected chi connectivity index (χ3v) is 2.63. The molecule has 2 N–H and O–H groups in total. The van der Waals surface area contributed by atoms with Gasteiger partial charge in [-0.1, -0.05) is 12.8 Å². The highest BCUT2D eigenvalue weighted by Gasteiger charge is 2.15. The highest BCUT2D eigenvalue weighted by atomic mass is 16.7. The van der Waals surface area contributed by atoms with Gasteiger partial charge in [-0.15, -0.1) is 0 Å². The summed E-state index contributed by atoms with van der Waals surface area (Å²) in [4.78, 5) is 16.7. The monoisotopic (exact) mass is 230 g/mol. The normalized spacial score (nSPS) is 16.6. The fraction of sp³-hybridized carbons (Fsp3) is 0.909. The molecule has 1 fully saturated rings. The maximum absolute atomic E-state index is 11.3. The molecule has 0 spiro atoms. The number of amides is 1. The Balaban J connectivity index is 1.89. The van der Waals surface area contributed by atoms with Gasteiger partial charge in [0.15, 0.2) is 0 Å². The van der Waals surface area contributed by atoms with Crippen LogP contribution in [0.3, 0.4) is 0 Å². The van der Waals surface area contributed by atoms with E-state index in [0.29, 0.717) is 19.3 Å². The van der Waals surface area contributed by atoms with E-state index in [1.807, 2.05) is 0 Å². The maximum atomic E-state index is 11.3. The molecule has 1 amide bonds. The van der Waals surface area contributed by atoms with Crippen molar-refractivity contribution in [1.82, 2.24) is 10.8 Å². The van der Waals surface area contributed by atoms with Gasteiger partial charge in [0.1, 0.15) is 0 Å². The minimum Gasteiger partial charge on any atom is -0.385 e. The van der Waals surface area contributed by atoms with Crippen molar-refractivity contribution >= 4 is 5.91 Å². The molecule has 0 aromatic heterocycles. The first kappa shape index (κ1) is 13.4. The van der Waals surface area contributed by atoms with Crippen LogP contribution in [0.2, 0.25) is 0 Å². The van der Waals surface area contributed by atoms with E-state index in [0.717, 1.165) is 19.3 Å². The van der Waals surface area contributed by atoms with Crippen molar-refractivity contribution in [2.24, 2.45) is 0 Å². The van der Waals surface area contributed by atoms with Crippen LogP contribution in [0, 0.1) is 0 Å². The van der Waals surface area contributed by atoms with Gasteiger partial charge in [0.2, 0.25) is 5.91 Å². The summed E-state index contributed by atoms with van der Waals surface area (Å²) in [7, 11) is 1.65. The molecule has 0 radical (unpaired) electrons. The highest BCUT2D eigenvalue weighted by Crippen LogP contribution is 2.19. The summed E-state index contributed by atoms with van der Waals surface area (Å²) >= 11 is 0. The number of nitrogens with one attached hydrogen (secondary N) is 2. The van der Waals surface area contributed by atoms with E-state index in [9.17, 15) is 4.79 Å². The van der Waals surface area contributed by atoms with Crippen molar-refractivity contribution in [2.45, 2.75) is 38.2 Å². The van der Waals surface area contributed by atoms with E-state index >= 15 is 0 Å². The van der Waals surface area contributed by atoms with Gasteiger partial charge in [-0.25, -0.2) is 0 Å². The van der Waals surface area contributed by atoms with Crippen LogP contribution in [0.25, 0.3) is 0 Å². The Morgan fingerprint density at radius 3 is 2.81 bits per heavy atom. The van der Waals surface area contributed by atoms with Crippen molar-refractivity contribution in [1.29, 1.82) is 0 Å². The summed E-state index contributed by atoms with van der Waals surface area (Å²) in [6.07, 6.45) is 5.79. The lowest BCUT2D eigenvalue weighted by Crippen LogP contribution is -2.36. The summed E-state index contributed by atoms with van der Waals surface area (Å²) in [5.41, 5.74) is 2.72. The molecule has 16 heavy (non-hydrogen) atoms. The predicted molar refractivity (Wildman–Crippen MR) is 60.8 cm³/mol. The molecule has 1 aliphatic rings. The van der Waals surface area contributed by atoms with Gasteiger partial charge in [-0.2, -0.15) is 5.48 Å². The number of methoxy groups -OCH3 is 1. The third kappa shape index (κ3) is 6.05. The first-order valence-corrected chi connectivity index (χ1v) is 5.97. The number of hydrogen-bond donors (Lipinski definition) is 2. The Labute approximate surface area is 96.8 Å². The predicted octanol–water partition coefficient (Wildman–Crippen LogP) is 0.603. The number of carbonyl (C=O) groups excluding carboxylic acids is 1. The molecule has 0 heterocycles. The molecule has 0 atom stereocenters. The summed E-state index contributed by atoms with van der Waals surface area (Å²) in [6, 6.07) is 0. The molecular weight excluding hydrogens is 208 g/mol. The molecule has 0 aromatic carbocycles. The fourth-order valence-corrected chi connectivity index (χ4v) is 1.74. The fourth-order valence-electron chi connectivity index (χ4n) is 1.74. The average molecular weight is 230 g/mol. The topological polar surface area (TPSA) is 59.6 Å². The van der Waals surface area contributed by atoms with Gasteiger partial charge in [0.05, 0.1) is 12.6 Å². The molecule has 0 unspecified atom stereocenters. The number of rotatable bonds is 8. The van der Waals surface area contributed by atoms with Gasteiger partial charge >= 0.3 is 0 Å². The second kappa shape index (κ2) is 8.50. The van der Waals surface area contributed by atoms with Crippen LogP contribution in [0.1, 0.15) is 32.1 Å². The van der Waals surface area contributed by atoms with E-state index in [4.69, 9.17) is 9.57 Å². The quantitative estimate of drug-likeness (QED) is 0.473. The number of ether oxygens (including phenoxy) is 1. The molecule has 0 bridgehead atoms. The van der Waals surface area contributed by atoms with Crippen LogP contribution in [0.4, 0.5) is 0 Å². The van der Waals surface area contributed by atoms with Gasteiger partial charge in [-0.05, 0) is 19.3 Å². The molecule has 5 heteroatoms. The zero-order valence-corrected chi connectivity index (χ0v) is 9.96. The van der Waals surface area contributed by atoms with Crippen LogP contribution < -0.4 is 10.8 Å². The summed E-state index contributed by atoms with van der Waals surface area (Å²) in [5.74, 6) is -0.0332. The van der Waals surface area contributed by atoms with Crippen molar-refractivity contribution in [3.8, 4) is 0 Å². The molecular formula is C11H22N2O3. The van der Waals surface area contributed by atoms with Crippen molar-refractivity contribution in [3.63, 3.8) is 0 Å². The average Bonchev–Trinajstić information content (AvgIpc) is 2.77. The second-order valence-electron chi connectivity index (χ2n) is 4.04. The van der Waals surface area contributed by atoms with E-state index < -0.39 is 0 Å². The van der Waals surface area contributed by atoms with Crippen molar-refractivity contribution in [2.75, 3.05) is 26.8 Å². The minimum absolute atomic E-state index is 0.0332. The summed E-state index contributed by atoms with van der Waals surface area (Å²) in [6.45, 7) is 1.55. The molecule has 5 nitrogen and oxygen atoms in total. The lowest BCUT2D eigenvalue weighted by molar-refractivity contribution is -0.124. The van der Waals surface area contributed by atoms with Gasteiger partial charge < -0.3 is 10.1 Å². The van der Waals surface area contributed by atoms with Crippen LogP contribution in [-0.2, 0) is 14.4 Å². The summed E-state index contributed by atoms with van der Waals surface area (Å²) in [5, 5.41) is 2.78. The smallest absolute Gasteiger partial charge is 0.236 e. The van der Waals surface area contributed by atoms with Gasteiger partial charge in [0, 0.05) is 20.3 Å². The molecule has 0 aliphatic heterocycles. The standard InChI is InChI=1S/C11H22N2O3/c1-15-8-4-7-12-11(14)9-13-16-10-5-2-3-6-10/h10,13H,2-9H2,1H3,(H,12,14). The van der Waals surface area contributed by atoms with Crippen LogP contribution in [0.5, 0.6) is 0 Å². The lowest BCUT2D eigenvalue weighted by atomic mass is 10.3. The number of carbonyl (C=O) groups is 1. The van der Waals surface area contributed by atoms with Crippen molar-refractivity contribution in [3.05, 3.63) is 0 Å². The maximum Gasteiger partial charge on any atom is 0.236 e. The minimum atomic E-state index is -0.0332. The summed E-state index contributed by atoms with van der Waals surface area (Å²) < 4.78 is 4.88. The van der Waals surface area contributed by atoms with Gasteiger partial charge in [-0.3, -0.25) is 9.63 Å². The Kier molecular flexibility index (Phi) is 7.12. The Hall–Kier alpha value is -0.650. The van der Waals surface area contributed by atoms with E-state index in [2.05, 4.69) is 10.8 Å². The molecule has 94 valence electrons. The SMILES string of the molecule is COCCCNC(=O)CNOC1CCCC1. The van der Waals surface area contributed by atoms with E-state index in [1.54, 1.807) is 7.11 Å². The van der Waals surface area contributed by atoms with Crippen LogP contribution in [-0.4, -0.2) is 38.8 Å². The Morgan fingerprint density at radius 1 is 1.38 bits per heavy atom. The molecule has 1 saturated carbocycles. The first-order valence-electron chi connectivity index (χ1n) is 5.97. The third-order valence-electron chi connectivity index (χ3n) is 2.63. The molecule has 1 rings (SSSR count). The van der Waals surface area contributed by atoms with E-state index in [1.165, 1.54) is 12.8 Å². The first-order chi connectivity index (χ1) is 7.83. The van der Waals surface area contributed by atoms with Crippen LogP contribution in [0.15, 0.2) is 0 Å². The molecule has 1 aliphatic carbocycles.